The zero-order valence-corrected chi connectivity index (χ0v) is 13.4. The number of rotatable bonds is 7. The number of ketones is 1. The predicted molar refractivity (Wildman–Crippen MR) is 85.2 cm³/mol. The van der Waals surface area contributed by atoms with Crippen molar-refractivity contribution < 1.29 is 19.2 Å². The molecule has 0 aromatic heterocycles. The minimum Gasteiger partial charge on any atom is -0.454 e. The number of nitrogens with one attached hydrogen (secondary N) is 1. The van der Waals surface area contributed by atoms with Gasteiger partial charge in [-0.25, -0.2) is 4.79 Å². The average molecular weight is 332 g/mol. The Hall–Kier alpha value is -3.28. The number of nitro groups is 1. The summed E-state index contributed by atoms with van der Waals surface area (Å²) < 4.78 is 4.79. The molecule has 126 valence electrons. The molecule has 0 spiro atoms. The van der Waals surface area contributed by atoms with Gasteiger partial charge in [-0.1, -0.05) is 0 Å². The van der Waals surface area contributed by atoms with Crippen LogP contribution >= 0.6 is 0 Å². The van der Waals surface area contributed by atoms with Gasteiger partial charge in [-0.3, -0.25) is 14.9 Å². The summed E-state index contributed by atoms with van der Waals surface area (Å²) in [6.45, 7) is 0.619. The number of anilines is 1. The van der Waals surface area contributed by atoms with Crippen LogP contribution in [0.1, 0.15) is 17.3 Å². The number of nitro benzene ring substituents is 1. The van der Waals surface area contributed by atoms with Gasteiger partial charge in [0, 0.05) is 25.9 Å². The molecule has 0 radical (unpaired) electrons. The number of Topliss-reactive ketones (excluding diaryl/α,β-unsaturated/α-hetero) is 1. The SMILES string of the molecule is CC(=N)C(C#N)C(=O)COC(=O)c1ccc(N(C)C)c([N+](=O)[O-])c1. The summed E-state index contributed by atoms with van der Waals surface area (Å²) in [4.78, 5) is 35.6. The highest BCUT2D eigenvalue weighted by Gasteiger charge is 2.23. The van der Waals surface area contributed by atoms with E-state index in [0.717, 1.165) is 6.07 Å². The molecule has 9 nitrogen and oxygen atoms in total. The number of carbonyl (C=O) groups is 2. The van der Waals surface area contributed by atoms with Gasteiger partial charge in [-0.05, 0) is 19.1 Å². The van der Waals surface area contributed by atoms with Gasteiger partial charge in [0.1, 0.15) is 11.6 Å². The Kier molecular flexibility index (Phi) is 6.12. The van der Waals surface area contributed by atoms with E-state index in [0.29, 0.717) is 5.69 Å². The predicted octanol–water partition coefficient (Wildman–Crippen LogP) is 1.57. The number of nitrogens with zero attached hydrogens (tertiary/aromatic N) is 3. The van der Waals surface area contributed by atoms with Crippen molar-refractivity contribution in [2.24, 2.45) is 5.92 Å². The summed E-state index contributed by atoms with van der Waals surface area (Å²) in [5.41, 5.74) is -0.188. The van der Waals surface area contributed by atoms with Crippen LogP contribution in [-0.4, -0.2) is 43.1 Å². The van der Waals surface area contributed by atoms with Crippen LogP contribution in [0.4, 0.5) is 11.4 Å². The summed E-state index contributed by atoms with van der Waals surface area (Å²) in [6.07, 6.45) is 0. The first kappa shape index (κ1) is 18.8. The largest absolute Gasteiger partial charge is 0.454 e. The van der Waals surface area contributed by atoms with Crippen molar-refractivity contribution in [1.29, 1.82) is 10.7 Å². The Morgan fingerprint density at radius 1 is 1.46 bits per heavy atom. The number of esters is 1. The van der Waals surface area contributed by atoms with Crippen LogP contribution in [0.25, 0.3) is 0 Å². The van der Waals surface area contributed by atoms with Crippen LogP contribution in [0, 0.1) is 32.8 Å². The Bertz CT molecular complexity index is 736. The second kappa shape index (κ2) is 7.82. The van der Waals surface area contributed by atoms with Gasteiger partial charge >= 0.3 is 5.97 Å². The van der Waals surface area contributed by atoms with Crippen LogP contribution in [-0.2, 0) is 9.53 Å². The summed E-state index contributed by atoms with van der Waals surface area (Å²) in [6, 6.07) is 5.46. The van der Waals surface area contributed by atoms with Gasteiger partial charge in [0.05, 0.1) is 16.6 Å². The fraction of sp³-hybridized carbons (Fsp3) is 0.333. The first-order valence-corrected chi connectivity index (χ1v) is 6.79. The molecule has 0 saturated carbocycles. The van der Waals surface area contributed by atoms with Crippen molar-refractivity contribution in [1.82, 2.24) is 0 Å². The minimum absolute atomic E-state index is 0.0832. The van der Waals surface area contributed by atoms with Crippen LogP contribution in [0.2, 0.25) is 0 Å². The summed E-state index contributed by atoms with van der Waals surface area (Å²) in [5.74, 6) is -2.92. The molecule has 1 unspecified atom stereocenters. The number of benzene rings is 1. The van der Waals surface area contributed by atoms with Crippen LogP contribution in [0.5, 0.6) is 0 Å². The number of hydrogen-bond donors (Lipinski definition) is 1. The van der Waals surface area contributed by atoms with E-state index < -0.39 is 29.2 Å². The third-order valence-electron chi connectivity index (χ3n) is 3.12. The molecule has 0 aliphatic rings. The topological polar surface area (TPSA) is 137 Å². The van der Waals surface area contributed by atoms with Crippen molar-refractivity contribution in [3.05, 3.63) is 33.9 Å². The minimum atomic E-state index is -1.27. The highest BCUT2D eigenvalue weighted by molar-refractivity contribution is 6.06. The second-order valence-corrected chi connectivity index (χ2v) is 5.14. The third kappa shape index (κ3) is 4.36. The maximum Gasteiger partial charge on any atom is 0.338 e. The molecule has 0 aliphatic heterocycles. The second-order valence-electron chi connectivity index (χ2n) is 5.14. The van der Waals surface area contributed by atoms with E-state index in [9.17, 15) is 19.7 Å². The average Bonchev–Trinajstić information content (AvgIpc) is 2.52. The molecule has 9 heteroatoms. The lowest BCUT2D eigenvalue weighted by molar-refractivity contribution is -0.384. The van der Waals surface area contributed by atoms with Gasteiger partial charge in [-0.15, -0.1) is 0 Å². The number of carbonyl (C=O) groups excluding carboxylic acids is 2. The van der Waals surface area contributed by atoms with E-state index >= 15 is 0 Å². The zero-order chi connectivity index (χ0) is 18.4. The molecule has 0 amide bonds. The molecule has 0 saturated heterocycles. The van der Waals surface area contributed by atoms with Crippen LogP contribution in [0.15, 0.2) is 18.2 Å². The Morgan fingerprint density at radius 2 is 2.08 bits per heavy atom. The molecule has 0 heterocycles. The fourth-order valence-corrected chi connectivity index (χ4v) is 1.89. The van der Waals surface area contributed by atoms with E-state index in [2.05, 4.69) is 0 Å². The zero-order valence-electron chi connectivity index (χ0n) is 13.4. The lowest BCUT2D eigenvalue weighted by Gasteiger charge is -2.13. The Morgan fingerprint density at radius 3 is 2.54 bits per heavy atom. The third-order valence-corrected chi connectivity index (χ3v) is 3.12. The van der Waals surface area contributed by atoms with Crippen molar-refractivity contribution in [3.8, 4) is 6.07 Å². The fourth-order valence-electron chi connectivity index (χ4n) is 1.89. The van der Waals surface area contributed by atoms with Gasteiger partial charge < -0.3 is 15.0 Å². The van der Waals surface area contributed by atoms with Crippen molar-refractivity contribution in [3.63, 3.8) is 0 Å². The lowest BCUT2D eigenvalue weighted by Crippen LogP contribution is -2.25. The van der Waals surface area contributed by atoms with Crippen LogP contribution in [0.3, 0.4) is 0 Å². The molecule has 1 atom stereocenters. The Balaban J connectivity index is 2.92. The molecule has 24 heavy (non-hydrogen) atoms. The molecule has 1 aromatic carbocycles. The quantitative estimate of drug-likeness (QED) is 0.346. The van der Waals surface area contributed by atoms with Gasteiger partial charge in [0.25, 0.3) is 5.69 Å². The van der Waals surface area contributed by atoms with Crippen LogP contribution < -0.4 is 4.90 Å². The van der Waals surface area contributed by atoms with Gasteiger partial charge in [0.15, 0.2) is 12.4 Å². The highest BCUT2D eigenvalue weighted by Crippen LogP contribution is 2.27. The standard InChI is InChI=1S/C15H16N4O5/c1-9(17)11(7-16)14(20)8-24-15(21)10-4-5-12(18(2)3)13(6-10)19(22)23/h4-6,11,17H,8H2,1-3H3. The molecular weight excluding hydrogens is 316 g/mol. The van der Waals surface area contributed by atoms with Crippen molar-refractivity contribution in [2.75, 3.05) is 25.6 Å². The smallest absolute Gasteiger partial charge is 0.338 e. The molecule has 1 N–H and O–H groups in total. The van der Waals surface area contributed by atoms with E-state index in [1.54, 1.807) is 20.2 Å². The maximum atomic E-state index is 11.9. The molecule has 0 aliphatic carbocycles. The van der Waals surface area contributed by atoms with E-state index in [1.165, 1.54) is 24.0 Å². The number of nitriles is 1. The first-order valence-electron chi connectivity index (χ1n) is 6.79. The molecular formula is C15H16N4O5. The molecule has 0 bridgehead atoms. The summed E-state index contributed by atoms with van der Waals surface area (Å²) in [7, 11) is 3.25. The highest BCUT2D eigenvalue weighted by atomic mass is 16.6. The maximum absolute atomic E-state index is 11.9. The molecule has 0 fully saturated rings. The number of ether oxygens (including phenoxy) is 1. The summed E-state index contributed by atoms with van der Waals surface area (Å²) >= 11 is 0. The lowest BCUT2D eigenvalue weighted by atomic mass is 10.0. The first-order chi connectivity index (χ1) is 11.2. The van der Waals surface area contributed by atoms with Gasteiger partial charge in [0.2, 0.25) is 0 Å². The normalized spacial score (nSPS) is 11.1. The van der Waals surface area contributed by atoms with E-state index in [-0.39, 0.29) is 17.0 Å². The monoisotopic (exact) mass is 332 g/mol. The summed E-state index contributed by atoms with van der Waals surface area (Å²) in [5, 5.41) is 27.2. The van der Waals surface area contributed by atoms with E-state index in [4.69, 9.17) is 15.4 Å². The van der Waals surface area contributed by atoms with E-state index in [1.807, 2.05) is 0 Å². The van der Waals surface area contributed by atoms with Crippen molar-refractivity contribution >= 4 is 28.8 Å². The van der Waals surface area contributed by atoms with Crippen molar-refractivity contribution in [2.45, 2.75) is 6.92 Å². The molecule has 1 aromatic rings. The number of hydrogen-bond acceptors (Lipinski definition) is 8. The van der Waals surface area contributed by atoms with Gasteiger partial charge in [-0.2, -0.15) is 5.26 Å². The molecule has 1 rings (SSSR count). The Labute approximate surface area is 138 Å².